The number of rotatable bonds is 5. The van der Waals surface area contributed by atoms with Crippen molar-refractivity contribution in [3.8, 4) is 5.75 Å². The van der Waals surface area contributed by atoms with E-state index in [0.717, 1.165) is 25.9 Å². The van der Waals surface area contributed by atoms with Crippen LogP contribution in [0.4, 0.5) is 5.69 Å². The van der Waals surface area contributed by atoms with Gasteiger partial charge in [-0.1, -0.05) is 11.6 Å². The number of methoxy groups -OCH3 is 1. The summed E-state index contributed by atoms with van der Waals surface area (Å²) in [5, 5.41) is 3.57. The molecule has 7 heteroatoms. The number of ether oxygens (including phenoxy) is 1. The molecule has 1 aliphatic heterocycles. The number of benzene rings is 1. The van der Waals surface area contributed by atoms with Crippen molar-refractivity contribution in [1.82, 2.24) is 5.32 Å². The number of sulfonamides is 1. The van der Waals surface area contributed by atoms with Crippen LogP contribution in [0.15, 0.2) is 18.2 Å². The van der Waals surface area contributed by atoms with Crippen molar-refractivity contribution >= 4 is 27.3 Å². The van der Waals surface area contributed by atoms with Gasteiger partial charge in [0.15, 0.2) is 0 Å². The Hall–Kier alpha value is -0.980. The molecule has 0 amide bonds. The minimum atomic E-state index is -3.41. The van der Waals surface area contributed by atoms with Crippen LogP contribution in [0.3, 0.4) is 0 Å². The molecular weight excluding hydrogens is 300 g/mol. The smallest absolute Gasteiger partial charge is 0.233 e. The van der Waals surface area contributed by atoms with E-state index in [4.69, 9.17) is 16.3 Å². The van der Waals surface area contributed by atoms with Crippen LogP contribution in [0.1, 0.15) is 12.8 Å². The SMILES string of the molecule is COc1ccc(Cl)c(NS(=O)(=O)CC2CCCNC2)c1. The van der Waals surface area contributed by atoms with Crippen LogP contribution in [0.5, 0.6) is 5.75 Å². The quantitative estimate of drug-likeness (QED) is 0.872. The summed E-state index contributed by atoms with van der Waals surface area (Å²) in [6.07, 6.45) is 1.94. The largest absolute Gasteiger partial charge is 0.497 e. The molecule has 2 N–H and O–H groups in total. The number of piperidine rings is 1. The lowest BCUT2D eigenvalue weighted by molar-refractivity contribution is 0.404. The molecule has 20 heavy (non-hydrogen) atoms. The van der Waals surface area contributed by atoms with Crippen LogP contribution in [0.25, 0.3) is 0 Å². The normalized spacial score (nSPS) is 19.6. The van der Waals surface area contributed by atoms with Crippen molar-refractivity contribution in [3.63, 3.8) is 0 Å². The third-order valence-electron chi connectivity index (χ3n) is 3.29. The first-order chi connectivity index (χ1) is 9.50. The highest BCUT2D eigenvalue weighted by atomic mass is 35.5. The predicted octanol–water partition coefficient (Wildman–Crippen LogP) is 2.09. The van der Waals surface area contributed by atoms with Crippen LogP contribution in [-0.2, 0) is 10.0 Å². The van der Waals surface area contributed by atoms with E-state index in [0.29, 0.717) is 16.5 Å². The number of halogens is 1. The molecule has 0 spiro atoms. The number of hydrogen-bond acceptors (Lipinski definition) is 4. The van der Waals surface area contributed by atoms with Gasteiger partial charge in [-0.15, -0.1) is 0 Å². The van der Waals surface area contributed by atoms with Crippen molar-refractivity contribution in [2.75, 3.05) is 30.7 Å². The first kappa shape index (κ1) is 15.4. The van der Waals surface area contributed by atoms with Gasteiger partial charge in [-0.3, -0.25) is 4.72 Å². The number of hydrogen-bond donors (Lipinski definition) is 2. The lowest BCUT2D eigenvalue weighted by atomic mass is 10.0. The topological polar surface area (TPSA) is 67.4 Å². The molecule has 1 atom stereocenters. The van der Waals surface area contributed by atoms with E-state index in [2.05, 4.69) is 10.0 Å². The summed E-state index contributed by atoms with van der Waals surface area (Å²) in [7, 11) is -1.89. The maximum absolute atomic E-state index is 12.2. The number of anilines is 1. The highest BCUT2D eigenvalue weighted by Crippen LogP contribution is 2.28. The van der Waals surface area contributed by atoms with Gasteiger partial charge in [0, 0.05) is 6.07 Å². The van der Waals surface area contributed by atoms with E-state index < -0.39 is 10.0 Å². The van der Waals surface area contributed by atoms with E-state index in [1.165, 1.54) is 7.11 Å². The Labute approximate surface area is 124 Å². The third-order valence-corrected chi connectivity index (χ3v) is 5.06. The fourth-order valence-corrected chi connectivity index (χ4v) is 4.01. The van der Waals surface area contributed by atoms with Gasteiger partial charge in [-0.25, -0.2) is 8.42 Å². The zero-order valence-corrected chi connectivity index (χ0v) is 12.9. The Morgan fingerprint density at radius 3 is 2.95 bits per heavy atom. The molecule has 1 aromatic carbocycles. The zero-order valence-electron chi connectivity index (χ0n) is 11.4. The van der Waals surface area contributed by atoms with E-state index in [9.17, 15) is 8.42 Å². The molecule has 0 aliphatic carbocycles. The van der Waals surface area contributed by atoms with Gasteiger partial charge in [0.05, 0.1) is 23.6 Å². The Kier molecular flexibility index (Phi) is 5.12. The van der Waals surface area contributed by atoms with Crippen LogP contribution in [0, 0.1) is 5.92 Å². The summed E-state index contributed by atoms with van der Waals surface area (Å²) in [4.78, 5) is 0. The van der Waals surface area contributed by atoms with Crippen LogP contribution >= 0.6 is 11.6 Å². The average Bonchev–Trinajstić information content (AvgIpc) is 2.41. The molecular formula is C13H19ClN2O3S. The molecule has 0 aromatic heterocycles. The van der Waals surface area contributed by atoms with E-state index in [1.54, 1.807) is 18.2 Å². The molecule has 1 heterocycles. The summed E-state index contributed by atoms with van der Waals surface area (Å²) in [5.41, 5.74) is 0.356. The van der Waals surface area contributed by atoms with Crippen molar-refractivity contribution in [2.24, 2.45) is 5.92 Å². The van der Waals surface area contributed by atoms with Gasteiger partial charge in [-0.2, -0.15) is 0 Å². The van der Waals surface area contributed by atoms with Crippen LogP contribution in [-0.4, -0.2) is 34.4 Å². The van der Waals surface area contributed by atoms with Gasteiger partial charge in [-0.05, 0) is 44.0 Å². The van der Waals surface area contributed by atoms with Crippen LogP contribution < -0.4 is 14.8 Å². The summed E-state index contributed by atoms with van der Waals surface area (Å²) >= 11 is 6.01. The van der Waals surface area contributed by atoms with Crippen LogP contribution in [0.2, 0.25) is 5.02 Å². The Morgan fingerprint density at radius 2 is 2.30 bits per heavy atom. The molecule has 0 radical (unpaired) electrons. The molecule has 1 aromatic rings. The van der Waals surface area contributed by atoms with Gasteiger partial charge in [0.2, 0.25) is 10.0 Å². The molecule has 1 aliphatic rings. The first-order valence-corrected chi connectivity index (χ1v) is 8.58. The molecule has 2 rings (SSSR count). The molecule has 5 nitrogen and oxygen atoms in total. The van der Waals surface area contributed by atoms with E-state index in [-0.39, 0.29) is 11.7 Å². The first-order valence-electron chi connectivity index (χ1n) is 6.55. The minimum Gasteiger partial charge on any atom is -0.497 e. The van der Waals surface area contributed by atoms with Gasteiger partial charge in [0.1, 0.15) is 5.75 Å². The molecule has 1 fully saturated rings. The fourth-order valence-electron chi connectivity index (χ4n) is 2.30. The van der Waals surface area contributed by atoms with E-state index >= 15 is 0 Å². The van der Waals surface area contributed by atoms with Crippen molar-refractivity contribution in [2.45, 2.75) is 12.8 Å². The standard InChI is InChI=1S/C13H19ClN2O3S/c1-19-11-4-5-12(14)13(7-11)16-20(17,18)9-10-3-2-6-15-8-10/h4-5,7,10,15-16H,2-3,6,8-9H2,1H3. The summed E-state index contributed by atoms with van der Waals surface area (Å²) < 4.78 is 32.0. The fraction of sp³-hybridized carbons (Fsp3) is 0.538. The average molecular weight is 319 g/mol. The maximum Gasteiger partial charge on any atom is 0.233 e. The number of nitrogens with one attached hydrogen (secondary N) is 2. The second-order valence-corrected chi connectivity index (χ2v) is 7.12. The maximum atomic E-state index is 12.2. The minimum absolute atomic E-state index is 0.105. The Morgan fingerprint density at radius 1 is 1.50 bits per heavy atom. The lowest BCUT2D eigenvalue weighted by Gasteiger charge is -2.22. The van der Waals surface area contributed by atoms with Crippen molar-refractivity contribution in [3.05, 3.63) is 23.2 Å². The molecule has 112 valence electrons. The highest BCUT2D eigenvalue weighted by Gasteiger charge is 2.22. The molecule has 1 saturated heterocycles. The summed E-state index contributed by atoms with van der Waals surface area (Å²) in [6, 6.07) is 4.88. The summed E-state index contributed by atoms with van der Waals surface area (Å²) in [5.74, 6) is 0.810. The molecule has 0 bridgehead atoms. The summed E-state index contributed by atoms with van der Waals surface area (Å²) in [6.45, 7) is 1.71. The van der Waals surface area contributed by atoms with Gasteiger partial charge >= 0.3 is 0 Å². The second kappa shape index (κ2) is 6.65. The molecule has 1 unspecified atom stereocenters. The lowest BCUT2D eigenvalue weighted by Crippen LogP contribution is -2.35. The monoisotopic (exact) mass is 318 g/mol. The molecule has 0 saturated carbocycles. The predicted molar refractivity (Wildman–Crippen MR) is 81.0 cm³/mol. The Bertz CT molecular complexity index is 557. The second-order valence-electron chi connectivity index (χ2n) is 4.94. The van der Waals surface area contributed by atoms with Crippen molar-refractivity contribution < 1.29 is 13.2 Å². The third kappa shape index (κ3) is 4.26. The van der Waals surface area contributed by atoms with E-state index in [1.807, 2.05) is 0 Å². The Balaban J connectivity index is 2.07. The zero-order chi connectivity index (χ0) is 14.6. The van der Waals surface area contributed by atoms with Crippen molar-refractivity contribution in [1.29, 1.82) is 0 Å². The van der Waals surface area contributed by atoms with Gasteiger partial charge < -0.3 is 10.1 Å². The highest BCUT2D eigenvalue weighted by molar-refractivity contribution is 7.92. The van der Waals surface area contributed by atoms with Gasteiger partial charge in [0.25, 0.3) is 0 Å².